The van der Waals surface area contributed by atoms with Gasteiger partial charge in [0.2, 0.25) is 0 Å². The van der Waals surface area contributed by atoms with Gasteiger partial charge < -0.3 is 10.2 Å². The van der Waals surface area contributed by atoms with Crippen LogP contribution >= 0.6 is 0 Å². The molecule has 4 heteroatoms. The predicted octanol–water partition coefficient (Wildman–Crippen LogP) is 3.48. The molecule has 0 aromatic heterocycles. The van der Waals surface area contributed by atoms with Crippen LogP contribution in [0.3, 0.4) is 0 Å². The number of carbonyl (C=O) groups excluding carboxylic acids is 1. The van der Waals surface area contributed by atoms with Crippen molar-refractivity contribution in [2.75, 3.05) is 6.61 Å². The third-order valence-corrected chi connectivity index (χ3v) is 3.67. The van der Waals surface area contributed by atoms with Crippen molar-refractivity contribution in [1.82, 2.24) is 5.32 Å². The summed E-state index contributed by atoms with van der Waals surface area (Å²) >= 11 is 0. The molecule has 4 nitrogen and oxygen atoms in total. The smallest absolute Gasteiger partial charge is 0.260 e. The Kier molecular flexibility index (Phi) is 7.02. The van der Waals surface area contributed by atoms with Crippen molar-refractivity contribution in [3.63, 3.8) is 0 Å². The second kappa shape index (κ2) is 9.50. The van der Waals surface area contributed by atoms with E-state index in [2.05, 4.69) is 22.6 Å². The number of aryl methyl sites for hydroxylation is 2. The standard InChI is InChI=1S/C20H24N2O2/c1-16-8-11-19(12-9-16)14-21-24-15-20(23)22-17(2)10-13-18-6-4-3-5-7-18/h3-9,11-12,14,17H,10,13,15H2,1-2H3,(H,22,23)/b21-14-/t17-/m1/s1. The summed E-state index contributed by atoms with van der Waals surface area (Å²) in [4.78, 5) is 16.9. The van der Waals surface area contributed by atoms with E-state index in [1.165, 1.54) is 11.1 Å². The largest absolute Gasteiger partial charge is 0.386 e. The molecule has 1 N–H and O–H groups in total. The lowest BCUT2D eigenvalue weighted by Gasteiger charge is -2.13. The Morgan fingerprint density at radius 3 is 2.58 bits per heavy atom. The van der Waals surface area contributed by atoms with Gasteiger partial charge in [0.25, 0.3) is 5.91 Å². The maximum atomic E-state index is 11.8. The average molecular weight is 324 g/mol. The number of oxime groups is 1. The number of amides is 1. The van der Waals surface area contributed by atoms with Gasteiger partial charge in [0.05, 0.1) is 6.21 Å². The maximum absolute atomic E-state index is 11.8. The van der Waals surface area contributed by atoms with Crippen molar-refractivity contribution in [1.29, 1.82) is 0 Å². The molecule has 0 aliphatic rings. The molecule has 0 saturated carbocycles. The lowest BCUT2D eigenvalue weighted by atomic mass is 10.1. The van der Waals surface area contributed by atoms with Crippen LogP contribution in [0.1, 0.15) is 30.0 Å². The molecule has 1 amide bonds. The van der Waals surface area contributed by atoms with Gasteiger partial charge in [0.15, 0.2) is 6.61 Å². The fourth-order valence-electron chi connectivity index (χ4n) is 2.26. The van der Waals surface area contributed by atoms with Gasteiger partial charge >= 0.3 is 0 Å². The second-order valence-corrected chi connectivity index (χ2v) is 5.91. The molecular formula is C20H24N2O2. The molecule has 0 bridgehead atoms. The third-order valence-electron chi connectivity index (χ3n) is 3.67. The zero-order valence-corrected chi connectivity index (χ0v) is 14.2. The van der Waals surface area contributed by atoms with Crippen molar-refractivity contribution >= 4 is 12.1 Å². The molecule has 0 spiro atoms. The highest BCUT2D eigenvalue weighted by Crippen LogP contribution is 2.04. The minimum atomic E-state index is -0.156. The number of rotatable bonds is 8. The van der Waals surface area contributed by atoms with E-state index in [1.807, 2.05) is 56.3 Å². The average Bonchev–Trinajstić information content (AvgIpc) is 2.59. The van der Waals surface area contributed by atoms with Crippen molar-refractivity contribution < 1.29 is 9.63 Å². The highest BCUT2D eigenvalue weighted by Gasteiger charge is 2.07. The van der Waals surface area contributed by atoms with E-state index in [1.54, 1.807) is 6.21 Å². The first-order valence-corrected chi connectivity index (χ1v) is 8.19. The Labute approximate surface area is 143 Å². The fourth-order valence-corrected chi connectivity index (χ4v) is 2.26. The van der Waals surface area contributed by atoms with Crippen LogP contribution in [-0.2, 0) is 16.1 Å². The van der Waals surface area contributed by atoms with Crippen molar-refractivity contribution in [3.05, 3.63) is 71.3 Å². The second-order valence-electron chi connectivity index (χ2n) is 5.91. The van der Waals surface area contributed by atoms with E-state index in [-0.39, 0.29) is 18.6 Å². The van der Waals surface area contributed by atoms with E-state index in [0.29, 0.717) is 0 Å². The molecule has 0 heterocycles. The first-order chi connectivity index (χ1) is 11.6. The zero-order valence-electron chi connectivity index (χ0n) is 14.2. The molecule has 2 aromatic carbocycles. The molecule has 0 saturated heterocycles. The van der Waals surface area contributed by atoms with Gasteiger partial charge in [0.1, 0.15) is 0 Å². The number of benzene rings is 2. The first-order valence-electron chi connectivity index (χ1n) is 8.19. The van der Waals surface area contributed by atoms with Gasteiger partial charge in [-0.15, -0.1) is 0 Å². The molecule has 0 aliphatic heterocycles. The Morgan fingerprint density at radius 2 is 1.88 bits per heavy atom. The van der Waals surface area contributed by atoms with Crippen molar-refractivity contribution in [2.24, 2.45) is 5.16 Å². The predicted molar refractivity (Wildman–Crippen MR) is 97.1 cm³/mol. The molecule has 0 unspecified atom stereocenters. The number of nitrogens with one attached hydrogen (secondary N) is 1. The highest BCUT2D eigenvalue weighted by atomic mass is 16.6. The van der Waals surface area contributed by atoms with Gasteiger partial charge in [-0.3, -0.25) is 4.79 Å². The minimum absolute atomic E-state index is 0.0714. The third kappa shape index (κ3) is 6.65. The summed E-state index contributed by atoms with van der Waals surface area (Å²) in [5, 5.41) is 6.74. The number of carbonyl (C=O) groups is 1. The SMILES string of the molecule is Cc1ccc(/C=N\OCC(=O)N[C@H](C)CCc2ccccc2)cc1. The topological polar surface area (TPSA) is 50.7 Å². The molecule has 126 valence electrons. The molecule has 0 radical (unpaired) electrons. The van der Waals surface area contributed by atoms with Crippen molar-refractivity contribution in [2.45, 2.75) is 32.7 Å². The Bertz CT molecular complexity index is 651. The molecule has 0 fully saturated rings. The van der Waals surface area contributed by atoms with Crippen LogP contribution in [0, 0.1) is 6.92 Å². The molecular weight excluding hydrogens is 300 g/mol. The van der Waals surface area contributed by atoms with E-state index >= 15 is 0 Å². The van der Waals surface area contributed by atoms with E-state index in [9.17, 15) is 4.79 Å². The summed E-state index contributed by atoms with van der Waals surface area (Å²) in [7, 11) is 0. The normalized spacial score (nSPS) is 12.1. The number of nitrogens with zero attached hydrogens (tertiary/aromatic N) is 1. The number of hydrogen-bond acceptors (Lipinski definition) is 3. The van der Waals surface area contributed by atoms with Crippen molar-refractivity contribution in [3.8, 4) is 0 Å². The quantitative estimate of drug-likeness (QED) is 0.597. The summed E-state index contributed by atoms with van der Waals surface area (Å²) in [6.07, 6.45) is 3.43. The maximum Gasteiger partial charge on any atom is 0.260 e. The van der Waals surface area contributed by atoms with Crippen LogP contribution in [0.25, 0.3) is 0 Å². The number of hydrogen-bond donors (Lipinski definition) is 1. The molecule has 1 atom stereocenters. The molecule has 2 rings (SSSR count). The zero-order chi connectivity index (χ0) is 17.2. The molecule has 2 aromatic rings. The van der Waals surface area contributed by atoms with Gasteiger partial charge in [-0.2, -0.15) is 0 Å². The van der Waals surface area contributed by atoms with Crippen LogP contribution in [0.4, 0.5) is 0 Å². The molecule has 24 heavy (non-hydrogen) atoms. The monoisotopic (exact) mass is 324 g/mol. The summed E-state index contributed by atoms with van der Waals surface area (Å²) in [5.74, 6) is -0.156. The fraction of sp³-hybridized carbons (Fsp3) is 0.300. The van der Waals surface area contributed by atoms with E-state index in [0.717, 1.165) is 18.4 Å². The summed E-state index contributed by atoms with van der Waals surface area (Å²) in [5.41, 5.74) is 3.41. The minimum Gasteiger partial charge on any atom is -0.386 e. The van der Waals surface area contributed by atoms with Gasteiger partial charge in [0, 0.05) is 6.04 Å². The Hall–Kier alpha value is -2.62. The lowest BCUT2D eigenvalue weighted by molar-refractivity contribution is -0.126. The summed E-state index contributed by atoms with van der Waals surface area (Å²) < 4.78 is 0. The van der Waals surface area contributed by atoms with E-state index < -0.39 is 0 Å². The van der Waals surface area contributed by atoms with Gasteiger partial charge in [-0.05, 0) is 37.8 Å². The van der Waals surface area contributed by atoms with Gasteiger partial charge in [-0.25, -0.2) is 0 Å². The first kappa shape index (κ1) is 17.7. The Balaban J connectivity index is 1.64. The van der Waals surface area contributed by atoms with Crippen LogP contribution in [0.15, 0.2) is 59.8 Å². The van der Waals surface area contributed by atoms with Crippen LogP contribution < -0.4 is 5.32 Å². The van der Waals surface area contributed by atoms with E-state index in [4.69, 9.17) is 4.84 Å². The summed E-state index contributed by atoms with van der Waals surface area (Å²) in [6.45, 7) is 3.95. The Morgan fingerprint density at radius 1 is 1.17 bits per heavy atom. The van der Waals surface area contributed by atoms with Crippen LogP contribution in [0.2, 0.25) is 0 Å². The molecule has 0 aliphatic carbocycles. The van der Waals surface area contributed by atoms with Crippen LogP contribution in [0.5, 0.6) is 0 Å². The highest BCUT2D eigenvalue weighted by molar-refractivity contribution is 5.79. The lowest BCUT2D eigenvalue weighted by Crippen LogP contribution is -2.35. The van der Waals surface area contributed by atoms with Crippen LogP contribution in [-0.4, -0.2) is 24.8 Å². The van der Waals surface area contributed by atoms with Gasteiger partial charge in [-0.1, -0.05) is 65.3 Å². The summed E-state index contributed by atoms with van der Waals surface area (Å²) in [6, 6.07) is 18.3.